The Kier molecular flexibility index (Phi) is 9.73. The number of rotatable bonds is 12. The van der Waals surface area contributed by atoms with Gasteiger partial charge in [-0.15, -0.1) is 0 Å². The molecular weight excluding hydrogens is 543 g/mol. The van der Waals surface area contributed by atoms with Crippen LogP contribution in [0.15, 0.2) is 72.8 Å². The van der Waals surface area contributed by atoms with Crippen molar-refractivity contribution in [2.24, 2.45) is 5.92 Å². The van der Waals surface area contributed by atoms with E-state index in [9.17, 15) is 4.79 Å². The first-order chi connectivity index (χ1) is 18.3. The predicted molar refractivity (Wildman–Crippen MR) is 155 cm³/mol. The first-order valence-corrected chi connectivity index (χ1v) is 13.7. The lowest BCUT2D eigenvalue weighted by atomic mass is 10.0. The quantitative estimate of drug-likeness (QED) is 0.172. The number of hydrogen-bond acceptors (Lipinski definition) is 3. The lowest BCUT2D eigenvalue weighted by Gasteiger charge is -2.14. The van der Waals surface area contributed by atoms with Crippen LogP contribution >= 0.6 is 34.8 Å². The first kappa shape index (κ1) is 28.0. The average Bonchev–Trinajstić information content (AvgIpc) is 3.28. The maximum Gasteiger partial charge on any atom is 0.306 e. The molecule has 198 valence electrons. The van der Waals surface area contributed by atoms with Crippen LogP contribution in [0.5, 0.6) is 6.01 Å². The summed E-state index contributed by atoms with van der Waals surface area (Å²) in [5.41, 5.74) is 4.33. The van der Waals surface area contributed by atoms with Gasteiger partial charge in [0.15, 0.2) is 0 Å². The highest BCUT2D eigenvalue weighted by Crippen LogP contribution is 2.39. The Morgan fingerprint density at radius 2 is 1.34 bits per heavy atom. The van der Waals surface area contributed by atoms with Crippen molar-refractivity contribution < 1.29 is 14.6 Å². The number of benzene rings is 3. The van der Waals surface area contributed by atoms with Crippen molar-refractivity contribution in [2.45, 2.75) is 39.0 Å². The van der Waals surface area contributed by atoms with E-state index in [-0.39, 0.29) is 5.92 Å². The Morgan fingerprint density at radius 3 is 1.92 bits per heavy atom. The standard InChI is InChI=1S/C30H29Cl3N2O3/c1-20(29(36)37)6-4-2-3-5-19-38-30-34-27(21-7-11-23(31)12-8-21)28(22-9-13-24(32)14-10-22)35(30)26-17-15-25(33)16-18-26/h7-18,20H,2-6,19H2,1H3,(H,36,37). The number of carbonyl (C=O) groups is 1. The molecule has 8 heteroatoms. The summed E-state index contributed by atoms with van der Waals surface area (Å²) in [6, 6.07) is 23.2. The van der Waals surface area contributed by atoms with Gasteiger partial charge in [-0.25, -0.2) is 0 Å². The maximum atomic E-state index is 11.0. The van der Waals surface area contributed by atoms with Gasteiger partial charge >= 0.3 is 12.0 Å². The average molecular weight is 572 g/mol. The van der Waals surface area contributed by atoms with Crippen molar-refractivity contribution in [1.82, 2.24) is 9.55 Å². The molecule has 0 radical (unpaired) electrons. The van der Waals surface area contributed by atoms with E-state index in [0.717, 1.165) is 53.9 Å². The van der Waals surface area contributed by atoms with Gasteiger partial charge in [0.05, 0.1) is 23.9 Å². The van der Waals surface area contributed by atoms with Gasteiger partial charge in [-0.2, -0.15) is 4.98 Å². The number of nitrogens with zero attached hydrogens (tertiary/aromatic N) is 2. The number of imidazole rings is 1. The molecule has 1 aromatic heterocycles. The molecule has 0 bridgehead atoms. The molecule has 0 aliphatic heterocycles. The molecule has 0 saturated carbocycles. The Bertz CT molecular complexity index is 1350. The topological polar surface area (TPSA) is 64.4 Å². The smallest absolute Gasteiger partial charge is 0.306 e. The number of halogens is 3. The van der Waals surface area contributed by atoms with E-state index in [1.54, 1.807) is 6.92 Å². The van der Waals surface area contributed by atoms with Crippen LogP contribution in [0.3, 0.4) is 0 Å². The van der Waals surface area contributed by atoms with Crippen LogP contribution in [0, 0.1) is 5.92 Å². The van der Waals surface area contributed by atoms with E-state index < -0.39 is 5.97 Å². The number of carboxylic acids is 1. The second-order valence-corrected chi connectivity index (χ2v) is 10.5. The molecule has 1 atom stereocenters. The molecule has 4 rings (SSSR count). The van der Waals surface area contributed by atoms with E-state index in [1.165, 1.54) is 0 Å². The number of carboxylic acid groups (broad SMARTS) is 1. The van der Waals surface area contributed by atoms with Gasteiger partial charge in [0.25, 0.3) is 0 Å². The minimum atomic E-state index is -0.740. The number of aliphatic carboxylic acids is 1. The van der Waals surface area contributed by atoms with Crippen molar-refractivity contribution in [2.75, 3.05) is 6.61 Å². The lowest BCUT2D eigenvalue weighted by Crippen LogP contribution is -2.09. The molecule has 0 fully saturated rings. The van der Waals surface area contributed by atoms with E-state index in [0.29, 0.717) is 34.1 Å². The summed E-state index contributed by atoms with van der Waals surface area (Å²) >= 11 is 18.6. The molecule has 0 aliphatic rings. The summed E-state index contributed by atoms with van der Waals surface area (Å²) in [5, 5.41) is 11.0. The maximum absolute atomic E-state index is 11.0. The molecule has 1 heterocycles. The van der Waals surface area contributed by atoms with E-state index in [4.69, 9.17) is 49.6 Å². The molecule has 1 N–H and O–H groups in total. The fourth-order valence-electron chi connectivity index (χ4n) is 4.20. The van der Waals surface area contributed by atoms with Gasteiger partial charge in [-0.3, -0.25) is 9.36 Å². The number of unbranched alkanes of at least 4 members (excludes halogenated alkanes) is 3. The molecule has 0 aliphatic carbocycles. The molecule has 1 unspecified atom stereocenters. The third kappa shape index (κ3) is 7.10. The molecule has 5 nitrogen and oxygen atoms in total. The van der Waals surface area contributed by atoms with Crippen LogP contribution in [-0.2, 0) is 4.79 Å². The molecule has 0 saturated heterocycles. The van der Waals surface area contributed by atoms with Gasteiger partial charge in [0.1, 0.15) is 5.69 Å². The summed E-state index contributed by atoms with van der Waals surface area (Å²) in [5.74, 6) is -1.05. The molecule has 3 aromatic carbocycles. The monoisotopic (exact) mass is 570 g/mol. The van der Waals surface area contributed by atoms with Crippen molar-refractivity contribution in [3.8, 4) is 34.2 Å². The molecule has 4 aromatic rings. The SMILES string of the molecule is CC(CCCCCCOc1nc(-c2ccc(Cl)cc2)c(-c2ccc(Cl)cc2)n1-c1ccc(Cl)cc1)C(=O)O. The van der Waals surface area contributed by atoms with E-state index in [2.05, 4.69) is 0 Å². The van der Waals surface area contributed by atoms with Crippen LogP contribution in [0.4, 0.5) is 0 Å². The fraction of sp³-hybridized carbons (Fsp3) is 0.267. The van der Waals surface area contributed by atoms with Gasteiger partial charge in [-0.1, -0.05) is 85.3 Å². The lowest BCUT2D eigenvalue weighted by molar-refractivity contribution is -0.141. The zero-order chi connectivity index (χ0) is 27.1. The summed E-state index contributed by atoms with van der Waals surface area (Å²) in [6.07, 6.45) is 4.31. The van der Waals surface area contributed by atoms with Gasteiger partial charge < -0.3 is 9.84 Å². The zero-order valence-corrected chi connectivity index (χ0v) is 23.3. The van der Waals surface area contributed by atoms with Crippen LogP contribution in [-0.4, -0.2) is 27.2 Å². The van der Waals surface area contributed by atoms with Gasteiger partial charge in [0.2, 0.25) is 0 Å². The van der Waals surface area contributed by atoms with Crippen molar-refractivity contribution in [3.05, 3.63) is 87.9 Å². The van der Waals surface area contributed by atoms with Gasteiger partial charge in [-0.05, 0) is 61.4 Å². The van der Waals surface area contributed by atoms with Crippen LogP contribution in [0.2, 0.25) is 15.1 Å². The van der Waals surface area contributed by atoms with Gasteiger partial charge in [0, 0.05) is 26.2 Å². The van der Waals surface area contributed by atoms with Crippen LogP contribution < -0.4 is 4.74 Å². The summed E-state index contributed by atoms with van der Waals surface area (Å²) < 4.78 is 8.27. The second kappa shape index (κ2) is 13.2. The first-order valence-electron chi connectivity index (χ1n) is 12.6. The number of aromatic nitrogens is 2. The van der Waals surface area contributed by atoms with E-state index in [1.807, 2.05) is 77.4 Å². The third-order valence-corrected chi connectivity index (χ3v) is 7.11. The zero-order valence-electron chi connectivity index (χ0n) is 21.0. The van der Waals surface area contributed by atoms with Crippen LogP contribution in [0.25, 0.3) is 28.2 Å². The second-order valence-electron chi connectivity index (χ2n) is 9.21. The number of ether oxygens (including phenoxy) is 1. The third-order valence-electron chi connectivity index (χ3n) is 6.35. The molecule has 38 heavy (non-hydrogen) atoms. The van der Waals surface area contributed by atoms with E-state index >= 15 is 0 Å². The summed E-state index contributed by atoms with van der Waals surface area (Å²) in [4.78, 5) is 16.0. The normalized spacial score (nSPS) is 11.9. The highest BCUT2D eigenvalue weighted by molar-refractivity contribution is 6.31. The highest BCUT2D eigenvalue weighted by atomic mass is 35.5. The predicted octanol–water partition coefficient (Wildman–Crippen LogP) is 9.22. The highest BCUT2D eigenvalue weighted by Gasteiger charge is 2.23. The number of hydrogen-bond donors (Lipinski definition) is 1. The fourth-order valence-corrected chi connectivity index (χ4v) is 4.58. The Balaban J connectivity index is 1.65. The minimum Gasteiger partial charge on any atom is -0.481 e. The van der Waals surface area contributed by atoms with Crippen molar-refractivity contribution >= 4 is 40.8 Å². The summed E-state index contributed by atoms with van der Waals surface area (Å²) in [7, 11) is 0. The Morgan fingerprint density at radius 1 is 0.816 bits per heavy atom. The molecule has 0 amide bonds. The Labute approximate surface area is 238 Å². The van der Waals surface area contributed by atoms with Crippen molar-refractivity contribution in [1.29, 1.82) is 0 Å². The largest absolute Gasteiger partial charge is 0.481 e. The van der Waals surface area contributed by atoms with Crippen molar-refractivity contribution in [3.63, 3.8) is 0 Å². The minimum absolute atomic E-state index is 0.310. The molecule has 0 spiro atoms. The molecular formula is C30H29Cl3N2O3. The summed E-state index contributed by atoms with van der Waals surface area (Å²) in [6.45, 7) is 2.23. The van der Waals surface area contributed by atoms with Crippen LogP contribution in [0.1, 0.15) is 39.0 Å². The Hall–Kier alpha value is -2.99.